The normalized spacial score (nSPS) is 16.2. The summed E-state index contributed by atoms with van der Waals surface area (Å²) in [6, 6.07) is 12.9. The Hall–Kier alpha value is -1.80. The molecule has 2 heteroatoms. The summed E-state index contributed by atoms with van der Waals surface area (Å²) in [5.74, 6) is 0.361. The second-order valence-electron chi connectivity index (χ2n) is 8.51. The molecule has 27 heavy (non-hydrogen) atoms. The molecule has 1 saturated carbocycles. The van der Waals surface area contributed by atoms with E-state index in [1.165, 1.54) is 22.3 Å². The molecule has 1 aliphatic rings. The minimum Gasteiger partial charge on any atom is -0.508 e. The molecule has 0 unspecified atom stereocenters. The molecule has 0 amide bonds. The molecular weight excluding hydrogens is 332 g/mol. The Morgan fingerprint density at radius 2 is 1.52 bits per heavy atom. The number of aryl methyl sites for hydroxylation is 3. The maximum absolute atomic E-state index is 10.4. The van der Waals surface area contributed by atoms with Gasteiger partial charge in [-0.1, -0.05) is 44.2 Å². The zero-order valence-electron chi connectivity index (χ0n) is 17.3. The van der Waals surface area contributed by atoms with Gasteiger partial charge in [-0.05, 0) is 92.7 Å². The third-order valence-corrected chi connectivity index (χ3v) is 7.00. The Morgan fingerprint density at radius 3 is 2.00 bits per heavy atom. The van der Waals surface area contributed by atoms with E-state index in [1.54, 1.807) is 0 Å². The van der Waals surface area contributed by atoms with Crippen LogP contribution >= 0.6 is 0 Å². The number of phenols is 1. The highest BCUT2D eigenvalue weighted by Gasteiger charge is 2.34. The Kier molecular flexibility index (Phi) is 5.67. The lowest BCUT2D eigenvalue weighted by Crippen LogP contribution is -2.37. The van der Waals surface area contributed by atoms with Crippen LogP contribution in [0, 0.1) is 13.8 Å². The number of aromatic hydroxyl groups is 1. The molecule has 1 fully saturated rings. The Balaban J connectivity index is 1.91. The SMILES string of the molecule is CCC(CC)(c1ccc(O)c(C)c1)c1ccc(CCC2(O)CCC2)c(C)c1. The molecule has 0 atom stereocenters. The van der Waals surface area contributed by atoms with Crippen LogP contribution in [0.2, 0.25) is 0 Å². The molecule has 2 aromatic carbocycles. The summed E-state index contributed by atoms with van der Waals surface area (Å²) < 4.78 is 0. The average Bonchev–Trinajstić information content (AvgIpc) is 2.63. The second-order valence-corrected chi connectivity index (χ2v) is 8.51. The molecule has 1 aliphatic carbocycles. The summed E-state index contributed by atoms with van der Waals surface area (Å²) in [6.07, 6.45) is 6.94. The van der Waals surface area contributed by atoms with Gasteiger partial charge in [-0.3, -0.25) is 0 Å². The molecule has 3 rings (SSSR count). The van der Waals surface area contributed by atoms with Crippen molar-refractivity contribution in [3.63, 3.8) is 0 Å². The van der Waals surface area contributed by atoms with Gasteiger partial charge in [-0.15, -0.1) is 0 Å². The van der Waals surface area contributed by atoms with Crippen molar-refractivity contribution in [3.8, 4) is 5.75 Å². The van der Waals surface area contributed by atoms with Crippen molar-refractivity contribution in [1.29, 1.82) is 0 Å². The third kappa shape index (κ3) is 3.78. The molecule has 0 aromatic heterocycles. The van der Waals surface area contributed by atoms with Crippen molar-refractivity contribution in [3.05, 3.63) is 64.2 Å². The number of benzene rings is 2. The zero-order chi connectivity index (χ0) is 19.7. The maximum Gasteiger partial charge on any atom is 0.118 e. The van der Waals surface area contributed by atoms with Crippen LogP contribution < -0.4 is 0 Å². The van der Waals surface area contributed by atoms with E-state index in [0.29, 0.717) is 5.75 Å². The van der Waals surface area contributed by atoms with E-state index in [1.807, 2.05) is 13.0 Å². The van der Waals surface area contributed by atoms with Crippen molar-refractivity contribution in [2.75, 3.05) is 0 Å². The number of hydrogen-bond acceptors (Lipinski definition) is 2. The first-order valence-electron chi connectivity index (χ1n) is 10.5. The van der Waals surface area contributed by atoms with Crippen LogP contribution in [0.15, 0.2) is 36.4 Å². The molecular formula is C25H34O2. The molecule has 0 heterocycles. The van der Waals surface area contributed by atoms with Crippen LogP contribution in [0.5, 0.6) is 5.75 Å². The van der Waals surface area contributed by atoms with E-state index in [4.69, 9.17) is 0 Å². The first-order chi connectivity index (χ1) is 12.8. The molecule has 0 spiro atoms. The Bertz CT molecular complexity index is 798. The third-order valence-electron chi connectivity index (χ3n) is 7.00. The largest absolute Gasteiger partial charge is 0.508 e. The lowest BCUT2D eigenvalue weighted by atomic mass is 9.69. The highest BCUT2D eigenvalue weighted by Crippen LogP contribution is 2.41. The second kappa shape index (κ2) is 7.67. The van der Waals surface area contributed by atoms with Gasteiger partial charge in [-0.25, -0.2) is 0 Å². The van der Waals surface area contributed by atoms with Gasteiger partial charge >= 0.3 is 0 Å². The van der Waals surface area contributed by atoms with E-state index in [-0.39, 0.29) is 5.41 Å². The predicted molar refractivity (Wildman–Crippen MR) is 113 cm³/mol. The molecule has 0 saturated heterocycles. The van der Waals surface area contributed by atoms with Gasteiger partial charge in [0.15, 0.2) is 0 Å². The van der Waals surface area contributed by atoms with Crippen LogP contribution in [-0.2, 0) is 11.8 Å². The molecule has 0 radical (unpaired) electrons. The summed E-state index contributed by atoms with van der Waals surface area (Å²) in [4.78, 5) is 0. The quantitative estimate of drug-likeness (QED) is 0.634. The van der Waals surface area contributed by atoms with E-state index >= 15 is 0 Å². The Labute approximate surface area is 164 Å². The van der Waals surface area contributed by atoms with E-state index in [2.05, 4.69) is 51.1 Å². The van der Waals surface area contributed by atoms with Crippen molar-refractivity contribution in [2.45, 2.75) is 83.7 Å². The van der Waals surface area contributed by atoms with Crippen molar-refractivity contribution in [1.82, 2.24) is 0 Å². The lowest BCUT2D eigenvalue weighted by molar-refractivity contribution is -0.0398. The van der Waals surface area contributed by atoms with Crippen LogP contribution in [0.1, 0.15) is 80.2 Å². The molecule has 0 bridgehead atoms. The van der Waals surface area contributed by atoms with Gasteiger partial charge in [0, 0.05) is 5.41 Å². The van der Waals surface area contributed by atoms with E-state index in [0.717, 1.165) is 50.5 Å². The van der Waals surface area contributed by atoms with Gasteiger partial charge < -0.3 is 10.2 Å². The fraction of sp³-hybridized carbons (Fsp3) is 0.520. The van der Waals surface area contributed by atoms with Gasteiger partial charge in [0.2, 0.25) is 0 Å². The monoisotopic (exact) mass is 366 g/mol. The molecule has 2 N–H and O–H groups in total. The van der Waals surface area contributed by atoms with Crippen LogP contribution in [0.4, 0.5) is 0 Å². The summed E-state index contributed by atoms with van der Waals surface area (Å²) in [5.41, 5.74) is 5.78. The number of aliphatic hydroxyl groups is 1. The van der Waals surface area contributed by atoms with Gasteiger partial charge in [0.25, 0.3) is 0 Å². The number of phenolic OH excluding ortho intramolecular Hbond substituents is 1. The summed E-state index contributed by atoms with van der Waals surface area (Å²) in [5, 5.41) is 20.3. The molecule has 2 aromatic rings. The minimum absolute atomic E-state index is 0.0338. The first-order valence-corrected chi connectivity index (χ1v) is 10.5. The maximum atomic E-state index is 10.4. The summed E-state index contributed by atoms with van der Waals surface area (Å²) >= 11 is 0. The topological polar surface area (TPSA) is 40.5 Å². The fourth-order valence-corrected chi connectivity index (χ4v) is 4.66. The standard InChI is InChI=1S/C25H34O2/c1-5-25(6-2,22-10-11-23(26)19(4)17-22)21-9-8-20(18(3)16-21)12-15-24(27)13-7-14-24/h8-11,16-17,26-27H,5-7,12-15H2,1-4H3. The van der Waals surface area contributed by atoms with Crippen LogP contribution in [-0.4, -0.2) is 15.8 Å². The highest BCUT2D eigenvalue weighted by atomic mass is 16.3. The average molecular weight is 367 g/mol. The van der Waals surface area contributed by atoms with E-state index in [9.17, 15) is 10.2 Å². The summed E-state index contributed by atoms with van der Waals surface area (Å²) in [6.45, 7) is 8.67. The molecule has 0 aliphatic heterocycles. The van der Waals surface area contributed by atoms with Gasteiger partial charge in [-0.2, -0.15) is 0 Å². The Morgan fingerprint density at radius 1 is 0.926 bits per heavy atom. The zero-order valence-corrected chi connectivity index (χ0v) is 17.3. The number of rotatable bonds is 7. The van der Waals surface area contributed by atoms with Gasteiger partial charge in [0.05, 0.1) is 5.60 Å². The number of hydrogen-bond donors (Lipinski definition) is 2. The molecule has 146 valence electrons. The minimum atomic E-state index is -0.411. The van der Waals surface area contributed by atoms with Crippen LogP contribution in [0.25, 0.3) is 0 Å². The van der Waals surface area contributed by atoms with Gasteiger partial charge in [0.1, 0.15) is 5.75 Å². The summed E-state index contributed by atoms with van der Waals surface area (Å²) in [7, 11) is 0. The van der Waals surface area contributed by atoms with Crippen molar-refractivity contribution < 1.29 is 10.2 Å². The van der Waals surface area contributed by atoms with Crippen molar-refractivity contribution in [2.24, 2.45) is 0 Å². The van der Waals surface area contributed by atoms with Crippen molar-refractivity contribution >= 4 is 0 Å². The van der Waals surface area contributed by atoms with Crippen LogP contribution in [0.3, 0.4) is 0 Å². The predicted octanol–water partition coefficient (Wildman–Crippen LogP) is 5.96. The smallest absolute Gasteiger partial charge is 0.118 e. The lowest BCUT2D eigenvalue weighted by Gasteiger charge is -2.37. The highest BCUT2D eigenvalue weighted by molar-refractivity contribution is 5.46. The first kappa shape index (κ1) is 19.9. The van der Waals surface area contributed by atoms with E-state index < -0.39 is 5.60 Å². The molecule has 2 nitrogen and oxygen atoms in total. The fourth-order valence-electron chi connectivity index (χ4n) is 4.66.